The summed E-state index contributed by atoms with van der Waals surface area (Å²) >= 11 is 0. The van der Waals surface area contributed by atoms with Crippen molar-refractivity contribution in [1.29, 1.82) is 0 Å². The quantitative estimate of drug-likeness (QED) is 0.780. The van der Waals surface area contributed by atoms with E-state index in [-0.39, 0.29) is 5.97 Å². The average Bonchev–Trinajstić information content (AvgIpc) is 2.45. The van der Waals surface area contributed by atoms with E-state index in [1.807, 2.05) is 38.1 Å². The lowest BCUT2D eigenvalue weighted by Gasteiger charge is -2.29. The number of benzene rings is 1. The van der Waals surface area contributed by atoms with Crippen molar-refractivity contribution in [3.8, 4) is 5.75 Å². The fraction of sp³-hybridized carbons (Fsp3) is 0.562. The van der Waals surface area contributed by atoms with Gasteiger partial charge >= 0.3 is 5.97 Å². The fourth-order valence-electron chi connectivity index (χ4n) is 1.96. The summed E-state index contributed by atoms with van der Waals surface area (Å²) in [7, 11) is 1.41. The van der Waals surface area contributed by atoms with Crippen LogP contribution in [0.3, 0.4) is 0 Å². The van der Waals surface area contributed by atoms with Crippen LogP contribution in [0.25, 0.3) is 0 Å². The number of hydrogen-bond donors (Lipinski definition) is 1. The highest BCUT2D eigenvalue weighted by Crippen LogP contribution is 2.25. The van der Waals surface area contributed by atoms with Crippen molar-refractivity contribution in [3.63, 3.8) is 0 Å². The molecule has 0 aliphatic rings. The lowest BCUT2D eigenvalue weighted by molar-refractivity contribution is -0.148. The van der Waals surface area contributed by atoms with E-state index in [1.165, 1.54) is 7.11 Å². The van der Waals surface area contributed by atoms with Crippen LogP contribution in [0.1, 0.15) is 33.3 Å². The third-order valence-corrected chi connectivity index (χ3v) is 3.20. The van der Waals surface area contributed by atoms with Gasteiger partial charge in [-0.05, 0) is 44.0 Å². The fourth-order valence-corrected chi connectivity index (χ4v) is 1.96. The first-order valence-electron chi connectivity index (χ1n) is 7.00. The molecule has 0 aliphatic carbocycles. The Labute approximate surface area is 121 Å². The van der Waals surface area contributed by atoms with Crippen molar-refractivity contribution >= 4 is 5.97 Å². The van der Waals surface area contributed by atoms with Gasteiger partial charge in [0.2, 0.25) is 0 Å². The topological polar surface area (TPSA) is 47.6 Å². The molecule has 112 valence electrons. The molecule has 0 aliphatic heterocycles. The number of hydrogen-bond acceptors (Lipinski definition) is 4. The number of nitrogens with one attached hydrogen (secondary N) is 1. The van der Waals surface area contributed by atoms with Gasteiger partial charge in [0, 0.05) is 0 Å². The Morgan fingerprint density at radius 1 is 1.30 bits per heavy atom. The molecule has 20 heavy (non-hydrogen) atoms. The van der Waals surface area contributed by atoms with E-state index >= 15 is 0 Å². The third kappa shape index (κ3) is 3.97. The lowest BCUT2D eigenvalue weighted by Crippen LogP contribution is -2.48. The molecule has 1 unspecified atom stereocenters. The maximum absolute atomic E-state index is 12.1. The summed E-state index contributed by atoms with van der Waals surface area (Å²) in [4.78, 5) is 12.1. The molecule has 1 N–H and O–H groups in total. The van der Waals surface area contributed by atoms with Crippen molar-refractivity contribution < 1.29 is 14.3 Å². The van der Waals surface area contributed by atoms with Gasteiger partial charge in [0.25, 0.3) is 0 Å². The van der Waals surface area contributed by atoms with E-state index < -0.39 is 5.54 Å². The van der Waals surface area contributed by atoms with Crippen molar-refractivity contribution in [2.75, 3.05) is 20.3 Å². The average molecular weight is 279 g/mol. The Morgan fingerprint density at radius 2 is 1.90 bits per heavy atom. The van der Waals surface area contributed by atoms with Gasteiger partial charge in [0.1, 0.15) is 11.3 Å². The minimum Gasteiger partial charge on any atom is -0.494 e. The molecule has 0 fully saturated rings. The number of carbonyl (C=O) groups is 1. The molecule has 4 heteroatoms. The van der Waals surface area contributed by atoms with E-state index in [2.05, 4.69) is 19.2 Å². The zero-order valence-corrected chi connectivity index (χ0v) is 13.0. The third-order valence-electron chi connectivity index (χ3n) is 3.20. The van der Waals surface area contributed by atoms with Gasteiger partial charge in [0.05, 0.1) is 13.7 Å². The summed E-state index contributed by atoms with van der Waals surface area (Å²) in [6.45, 7) is 9.34. The molecule has 0 heterocycles. The van der Waals surface area contributed by atoms with Gasteiger partial charge in [-0.1, -0.05) is 26.0 Å². The normalized spacial score (nSPS) is 13.9. The predicted octanol–water partition coefficient (Wildman–Crippen LogP) is 2.72. The Hall–Kier alpha value is -1.55. The highest BCUT2D eigenvalue weighted by Gasteiger charge is 2.36. The molecule has 0 radical (unpaired) electrons. The smallest absolute Gasteiger partial charge is 0.330 e. The number of methoxy groups -OCH3 is 1. The van der Waals surface area contributed by atoms with E-state index in [1.54, 1.807) is 0 Å². The summed E-state index contributed by atoms with van der Waals surface area (Å²) in [5.74, 6) is 0.955. The molecule has 0 spiro atoms. The van der Waals surface area contributed by atoms with Gasteiger partial charge in [-0.15, -0.1) is 0 Å². The van der Waals surface area contributed by atoms with Crippen LogP contribution in [0.5, 0.6) is 5.75 Å². The largest absolute Gasteiger partial charge is 0.494 e. The number of rotatable bonds is 7. The van der Waals surface area contributed by atoms with Crippen LogP contribution in [0.4, 0.5) is 0 Å². The maximum atomic E-state index is 12.1. The number of ether oxygens (including phenoxy) is 2. The van der Waals surface area contributed by atoms with Crippen molar-refractivity contribution in [1.82, 2.24) is 5.32 Å². The number of esters is 1. The lowest BCUT2D eigenvalue weighted by atomic mass is 9.91. The maximum Gasteiger partial charge on any atom is 0.330 e. The summed E-state index contributed by atoms with van der Waals surface area (Å²) in [6, 6.07) is 7.54. The van der Waals surface area contributed by atoms with Crippen LogP contribution in [-0.2, 0) is 15.1 Å². The van der Waals surface area contributed by atoms with E-state index in [4.69, 9.17) is 9.47 Å². The van der Waals surface area contributed by atoms with Gasteiger partial charge in [-0.3, -0.25) is 5.32 Å². The zero-order valence-electron chi connectivity index (χ0n) is 13.0. The van der Waals surface area contributed by atoms with Crippen molar-refractivity contribution in [2.45, 2.75) is 33.2 Å². The Morgan fingerprint density at radius 3 is 2.35 bits per heavy atom. The van der Waals surface area contributed by atoms with Gasteiger partial charge in [0.15, 0.2) is 0 Å². The SMILES string of the molecule is CCOc1ccc(C(C)(NCC(C)C)C(=O)OC)cc1. The summed E-state index contributed by atoms with van der Waals surface area (Å²) in [5.41, 5.74) is 0.0255. The minimum absolute atomic E-state index is 0.290. The molecule has 1 aromatic carbocycles. The van der Waals surface area contributed by atoms with Gasteiger partial charge < -0.3 is 9.47 Å². The molecule has 0 amide bonds. The molecule has 1 aromatic rings. The van der Waals surface area contributed by atoms with Gasteiger partial charge in [-0.2, -0.15) is 0 Å². The highest BCUT2D eigenvalue weighted by molar-refractivity contribution is 5.82. The van der Waals surface area contributed by atoms with Crippen LogP contribution < -0.4 is 10.1 Å². The van der Waals surface area contributed by atoms with Crippen LogP contribution >= 0.6 is 0 Å². The molecule has 1 rings (SSSR count). The minimum atomic E-state index is -0.843. The number of carbonyl (C=O) groups excluding carboxylic acids is 1. The Balaban J connectivity index is 3.00. The standard InChI is InChI=1S/C16H25NO3/c1-6-20-14-9-7-13(8-10-14)16(4,15(18)19-5)17-11-12(2)3/h7-10,12,17H,6,11H2,1-5H3. The van der Waals surface area contributed by atoms with E-state index in [0.717, 1.165) is 17.9 Å². The molecule has 0 saturated carbocycles. The second-order valence-electron chi connectivity index (χ2n) is 5.35. The second-order valence-corrected chi connectivity index (χ2v) is 5.35. The highest BCUT2D eigenvalue weighted by atomic mass is 16.5. The molecule has 4 nitrogen and oxygen atoms in total. The molecular formula is C16H25NO3. The zero-order chi connectivity index (χ0) is 15.2. The first-order valence-corrected chi connectivity index (χ1v) is 7.00. The van der Waals surface area contributed by atoms with Crippen LogP contribution in [0.2, 0.25) is 0 Å². The second kappa shape index (κ2) is 7.29. The molecular weight excluding hydrogens is 254 g/mol. The molecule has 0 bridgehead atoms. The molecule has 0 aromatic heterocycles. The van der Waals surface area contributed by atoms with E-state index in [9.17, 15) is 4.79 Å². The first kappa shape index (κ1) is 16.5. The molecule has 1 atom stereocenters. The first-order chi connectivity index (χ1) is 9.43. The molecule has 0 saturated heterocycles. The van der Waals surface area contributed by atoms with E-state index in [0.29, 0.717) is 12.5 Å². The summed E-state index contributed by atoms with van der Waals surface area (Å²) < 4.78 is 10.4. The Bertz CT molecular complexity index is 428. The summed E-state index contributed by atoms with van der Waals surface area (Å²) in [5, 5.41) is 3.30. The van der Waals surface area contributed by atoms with Gasteiger partial charge in [-0.25, -0.2) is 4.79 Å². The Kier molecular flexibility index (Phi) is 6.02. The van der Waals surface area contributed by atoms with Crippen LogP contribution in [-0.4, -0.2) is 26.2 Å². The summed E-state index contributed by atoms with van der Waals surface area (Å²) in [6.07, 6.45) is 0. The monoisotopic (exact) mass is 279 g/mol. The van der Waals surface area contributed by atoms with Crippen molar-refractivity contribution in [2.24, 2.45) is 5.92 Å². The van der Waals surface area contributed by atoms with Crippen molar-refractivity contribution in [3.05, 3.63) is 29.8 Å². The van der Waals surface area contributed by atoms with Crippen LogP contribution in [0, 0.1) is 5.92 Å². The van der Waals surface area contributed by atoms with Crippen LogP contribution in [0.15, 0.2) is 24.3 Å². The predicted molar refractivity (Wildman–Crippen MR) is 79.8 cm³/mol.